The summed E-state index contributed by atoms with van der Waals surface area (Å²) in [5.74, 6) is 0. The second kappa shape index (κ2) is 3.25. The second-order valence-corrected chi connectivity index (χ2v) is 1.95. The molecule has 0 bridgehead atoms. The molecule has 0 saturated heterocycles. The quantitative estimate of drug-likeness (QED) is 0.618. The van der Waals surface area contributed by atoms with Crippen LogP contribution in [0.25, 0.3) is 0 Å². The Morgan fingerprint density at radius 1 is 1.33 bits per heavy atom. The average Bonchev–Trinajstić information content (AvgIpc) is 1.91. The molecular formula is C8H10N. The van der Waals surface area contributed by atoms with Crippen LogP contribution in [0.4, 0.5) is 0 Å². The lowest BCUT2D eigenvalue weighted by Crippen LogP contribution is -2.01. The molecule has 0 heterocycles. The Hall–Kier alpha value is -0.820. The van der Waals surface area contributed by atoms with Gasteiger partial charge in [0.05, 0.1) is 0 Å². The van der Waals surface area contributed by atoms with Gasteiger partial charge in [-0.15, -0.1) is 0 Å². The molecule has 0 fully saturated rings. The van der Waals surface area contributed by atoms with Gasteiger partial charge in [0.2, 0.25) is 0 Å². The van der Waals surface area contributed by atoms with E-state index >= 15 is 0 Å². The lowest BCUT2D eigenvalue weighted by Gasteiger charge is -1.93. The van der Waals surface area contributed by atoms with Crippen LogP contribution in [-0.2, 0) is 6.42 Å². The van der Waals surface area contributed by atoms with Crippen LogP contribution in [0.15, 0.2) is 24.3 Å². The van der Waals surface area contributed by atoms with E-state index in [2.05, 4.69) is 6.07 Å². The Morgan fingerprint density at radius 2 is 2.00 bits per heavy atom. The molecule has 0 aliphatic carbocycles. The third-order valence-electron chi connectivity index (χ3n) is 1.22. The summed E-state index contributed by atoms with van der Waals surface area (Å²) >= 11 is 0. The molecule has 1 radical (unpaired) electrons. The van der Waals surface area contributed by atoms with Crippen molar-refractivity contribution in [3.05, 3.63) is 35.9 Å². The summed E-state index contributed by atoms with van der Waals surface area (Å²) in [7, 11) is 0. The predicted octanol–water partition coefficient (Wildman–Crippen LogP) is 0.988. The Labute approximate surface area is 55.5 Å². The molecule has 1 nitrogen and oxygen atoms in total. The average molecular weight is 120 g/mol. The van der Waals surface area contributed by atoms with Crippen LogP contribution in [0.2, 0.25) is 0 Å². The van der Waals surface area contributed by atoms with E-state index in [4.69, 9.17) is 5.73 Å². The van der Waals surface area contributed by atoms with Gasteiger partial charge < -0.3 is 5.73 Å². The van der Waals surface area contributed by atoms with Gasteiger partial charge in [-0.05, 0) is 24.6 Å². The summed E-state index contributed by atoms with van der Waals surface area (Å²) in [5.41, 5.74) is 6.64. The SMILES string of the molecule is NCCc1cc[c]cc1. The fraction of sp³-hybridized carbons (Fsp3) is 0.250. The molecule has 2 N–H and O–H groups in total. The zero-order valence-electron chi connectivity index (χ0n) is 5.30. The van der Waals surface area contributed by atoms with E-state index in [9.17, 15) is 0 Å². The zero-order valence-corrected chi connectivity index (χ0v) is 5.30. The maximum Gasteiger partial charge on any atom is -0.00367 e. The monoisotopic (exact) mass is 120 g/mol. The molecular weight excluding hydrogens is 110 g/mol. The molecule has 0 aliphatic rings. The van der Waals surface area contributed by atoms with Gasteiger partial charge in [-0.25, -0.2) is 0 Å². The molecule has 0 atom stereocenters. The normalized spacial score (nSPS) is 9.44. The van der Waals surface area contributed by atoms with E-state index in [1.165, 1.54) is 5.56 Å². The minimum absolute atomic E-state index is 0.726. The summed E-state index contributed by atoms with van der Waals surface area (Å²) < 4.78 is 0. The summed E-state index contributed by atoms with van der Waals surface area (Å²) in [6, 6.07) is 10.8. The zero-order chi connectivity index (χ0) is 6.53. The lowest BCUT2D eigenvalue weighted by atomic mass is 10.2. The van der Waals surface area contributed by atoms with E-state index in [0.29, 0.717) is 0 Å². The van der Waals surface area contributed by atoms with Gasteiger partial charge in [-0.2, -0.15) is 0 Å². The number of hydrogen-bond donors (Lipinski definition) is 1. The molecule has 9 heavy (non-hydrogen) atoms. The first kappa shape index (κ1) is 6.30. The van der Waals surface area contributed by atoms with Gasteiger partial charge in [0.25, 0.3) is 0 Å². The highest BCUT2D eigenvalue weighted by molar-refractivity contribution is 5.13. The Morgan fingerprint density at radius 3 is 2.56 bits per heavy atom. The van der Waals surface area contributed by atoms with Crippen LogP contribution in [0.3, 0.4) is 0 Å². The lowest BCUT2D eigenvalue weighted by molar-refractivity contribution is 0.969. The van der Waals surface area contributed by atoms with E-state index in [-0.39, 0.29) is 0 Å². The first-order chi connectivity index (χ1) is 4.43. The molecule has 0 aromatic heterocycles. The maximum absolute atomic E-state index is 5.35. The summed E-state index contributed by atoms with van der Waals surface area (Å²) in [4.78, 5) is 0. The van der Waals surface area contributed by atoms with E-state index in [0.717, 1.165) is 13.0 Å². The molecule has 1 aromatic rings. The van der Waals surface area contributed by atoms with Crippen molar-refractivity contribution in [3.8, 4) is 0 Å². The van der Waals surface area contributed by atoms with Crippen molar-refractivity contribution in [2.24, 2.45) is 5.73 Å². The number of rotatable bonds is 2. The van der Waals surface area contributed by atoms with Crippen LogP contribution < -0.4 is 5.73 Å². The van der Waals surface area contributed by atoms with Crippen LogP contribution >= 0.6 is 0 Å². The van der Waals surface area contributed by atoms with Gasteiger partial charge >= 0.3 is 0 Å². The fourth-order valence-electron chi connectivity index (χ4n) is 0.755. The van der Waals surface area contributed by atoms with Crippen LogP contribution in [0, 0.1) is 6.07 Å². The predicted molar refractivity (Wildman–Crippen MR) is 38.0 cm³/mol. The van der Waals surface area contributed by atoms with E-state index in [1.54, 1.807) is 0 Å². The molecule has 0 saturated carbocycles. The molecule has 0 amide bonds. The van der Waals surface area contributed by atoms with Gasteiger partial charge in [0, 0.05) is 0 Å². The van der Waals surface area contributed by atoms with Crippen molar-refractivity contribution < 1.29 is 0 Å². The number of benzene rings is 1. The first-order valence-corrected chi connectivity index (χ1v) is 3.08. The third kappa shape index (κ3) is 1.86. The molecule has 0 unspecified atom stereocenters. The van der Waals surface area contributed by atoms with Gasteiger partial charge in [0.1, 0.15) is 0 Å². The molecule has 1 aromatic carbocycles. The first-order valence-electron chi connectivity index (χ1n) is 3.08. The van der Waals surface area contributed by atoms with Crippen LogP contribution in [0.5, 0.6) is 0 Å². The largest absolute Gasteiger partial charge is 0.330 e. The standard InChI is InChI=1S/C8H10N/c9-7-6-8-4-2-1-3-5-8/h2-5H,6-7,9H2. The molecule has 1 rings (SSSR count). The smallest absolute Gasteiger partial charge is 0.00367 e. The maximum atomic E-state index is 5.35. The molecule has 0 aliphatic heterocycles. The van der Waals surface area contributed by atoms with Gasteiger partial charge in [-0.3, -0.25) is 0 Å². The van der Waals surface area contributed by atoms with Gasteiger partial charge in [-0.1, -0.05) is 24.3 Å². The second-order valence-electron chi connectivity index (χ2n) is 1.95. The third-order valence-corrected chi connectivity index (χ3v) is 1.22. The minimum atomic E-state index is 0.726. The number of nitrogens with two attached hydrogens (primary N) is 1. The van der Waals surface area contributed by atoms with Crippen molar-refractivity contribution in [3.63, 3.8) is 0 Å². The molecule has 0 spiro atoms. The van der Waals surface area contributed by atoms with Crippen molar-refractivity contribution in [1.82, 2.24) is 0 Å². The molecule has 47 valence electrons. The van der Waals surface area contributed by atoms with Crippen molar-refractivity contribution in [2.45, 2.75) is 6.42 Å². The highest BCUT2D eigenvalue weighted by Gasteiger charge is 1.84. The minimum Gasteiger partial charge on any atom is -0.330 e. The number of hydrogen-bond acceptors (Lipinski definition) is 1. The van der Waals surface area contributed by atoms with Crippen LogP contribution in [0.1, 0.15) is 5.56 Å². The summed E-state index contributed by atoms with van der Waals surface area (Å²) in [5, 5.41) is 0. The summed E-state index contributed by atoms with van der Waals surface area (Å²) in [6.07, 6.45) is 0.967. The Bertz CT molecular complexity index is 157. The highest BCUT2D eigenvalue weighted by Crippen LogP contribution is 1.96. The summed E-state index contributed by atoms with van der Waals surface area (Å²) in [6.45, 7) is 0.726. The van der Waals surface area contributed by atoms with E-state index < -0.39 is 0 Å². The van der Waals surface area contributed by atoms with Gasteiger partial charge in [0.15, 0.2) is 0 Å². The van der Waals surface area contributed by atoms with E-state index in [1.807, 2.05) is 24.3 Å². The fourth-order valence-corrected chi connectivity index (χ4v) is 0.755. The van der Waals surface area contributed by atoms with Crippen LogP contribution in [-0.4, -0.2) is 6.54 Å². The highest BCUT2D eigenvalue weighted by atomic mass is 14.5. The Balaban J connectivity index is 2.61. The van der Waals surface area contributed by atoms with Crippen molar-refractivity contribution >= 4 is 0 Å². The van der Waals surface area contributed by atoms with Crippen molar-refractivity contribution in [1.29, 1.82) is 0 Å². The topological polar surface area (TPSA) is 26.0 Å². The van der Waals surface area contributed by atoms with Crippen molar-refractivity contribution in [2.75, 3.05) is 6.54 Å². The molecule has 1 heteroatoms. The Kier molecular flexibility index (Phi) is 2.28.